The molecular weight excluding hydrogens is 216 g/mol. The second kappa shape index (κ2) is 3.97. The zero-order valence-electron chi connectivity index (χ0n) is 9.17. The molecule has 0 fully saturated rings. The average molecular weight is 231 g/mol. The van der Waals surface area contributed by atoms with Crippen LogP contribution in [0.25, 0.3) is 0 Å². The Morgan fingerprint density at radius 1 is 1.27 bits per heavy atom. The first-order chi connectivity index (χ1) is 6.78. The van der Waals surface area contributed by atoms with E-state index in [0.29, 0.717) is 12.8 Å². The Hall–Kier alpha value is -0.830. The van der Waals surface area contributed by atoms with Crippen LogP contribution in [-0.2, 0) is 14.3 Å². The van der Waals surface area contributed by atoms with Crippen LogP contribution in [-0.4, -0.2) is 16.8 Å². The van der Waals surface area contributed by atoms with Crippen LogP contribution >= 0.6 is 11.6 Å². The predicted octanol–water partition coefficient (Wildman–Crippen LogP) is 2.43. The largest absolute Gasteiger partial charge is 0.459 e. The lowest BCUT2D eigenvalue weighted by molar-refractivity contribution is -0.168. The van der Waals surface area contributed by atoms with E-state index in [0.717, 1.165) is 0 Å². The summed E-state index contributed by atoms with van der Waals surface area (Å²) in [6.45, 7) is 5.29. The Balaban J connectivity index is 2.83. The molecule has 0 N–H and O–H groups in total. The van der Waals surface area contributed by atoms with Crippen molar-refractivity contribution in [3.63, 3.8) is 0 Å². The van der Waals surface area contributed by atoms with Crippen molar-refractivity contribution in [2.75, 3.05) is 0 Å². The van der Waals surface area contributed by atoms with Gasteiger partial charge in [0.25, 0.3) is 0 Å². The van der Waals surface area contributed by atoms with E-state index in [2.05, 4.69) is 0 Å². The molecule has 0 aromatic heterocycles. The number of hydrogen-bond donors (Lipinski definition) is 0. The molecule has 1 aliphatic carbocycles. The quantitative estimate of drug-likeness (QED) is 0.317. The third-order valence-corrected chi connectivity index (χ3v) is 2.63. The van der Waals surface area contributed by atoms with E-state index in [4.69, 9.17) is 16.3 Å². The number of esters is 1. The fourth-order valence-electron chi connectivity index (χ4n) is 1.44. The summed E-state index contributed by atoms with van der Waals surface area (Å²) in [4.78, 5) is 23.2. The second-order valence-electron chi connectivity index (χ2n) is 4.74. The van der Waals surface area contributed by atoms with Crippen molar-refractivity contribution in [3.8, 4) is 0 Å². The van der Waals surface area contributed by atoms with E-state index in [1.165, 1.54) is 0 Å². The van der Waals surface area contributed by atoms with Crippen LogP contribution in [0.1, 0.15) is 33.6 Å². The van der Waals surface area contributed by atoms with Crippen LogP contribution in [0.4, 0.5) is 0 Å². The van der Waals surface area contributed by atoms with Gasteiger partial charge in [-0.2, -0.15) is 0 Å². The zero-order valence-corrected chi connectivity index (χ0v) is 9.93. The number of hydrogen-bond acceptors (Lipinski definition) is 3. The molecule has 0 amide bonds. The molecule has 3 nitrogen and oxygen atoms in total. The van der Waals surface area contributed by atoms with Gasteiger partial charge in [0.05, 0.1) is 0 Å². The van der Waals surface area contributed by atoms with Gasteiger partial charge in [-0.25, -0.2) is 0 Å². The molecule has 15 heavy (non-hydrogen) atoms. The van der Waals surface area contributed by atoms with Crippen molar-refractivity contribution in [1.82, 2.24) is 0 Å². The molecule has 0 aliphatic heterocycles. The zero-order chi connectivity index (χ0) is 11.7. The molecule has 0 aromatic carbocycles. The number of allylic oxidation sites excluding steroid dienone is 2. The summed E-state index contributed by atoms with van der Waals surface area (Å²) >= 11 is 5.48. The topological polar surface area (TPSA) is 43.4 Å². The number of rotatable bonds is 2. The number of halogens is 1. The van der Waals surface area contributed by atoms with E-state index >= 15 is 0 Å². The van der Waals surface area contributed by atoms with Gasteiger partial charge in [-0.3, -0.25) is 9.59 Å². The molecule has 0 radical (unpaired) electrons. The van der Waals surface area contributed by atoms with Gasteiger partial charge in [0.2, 0.25) is 5.24 Å². The molecular formula is C11H15ClO3. The van der Waals surface area contributed by atoms with Gasteiger partial charge >= 0.3 is 5.97 Å². The van der Waals surface area contributed by atoms with Crippen LogP contribution < -0.4 is 0 Å². The van der Waals surface area contributed by atoms with E-state index in [-0.39, 0.29) is 0 Å². The molecule has 0 spiro atoms. The van der Waals surface area contributed by atoms with Crippen LogP contribution in [0.2, 0.25) is 0 Å². The van der Waals surface area contributed by atoms with Crippen molar-refractivity contribution in [3.05, 3.63) is 12.2 Å². The number of carbonyl (C=O) groups is 2. The SMILES string of the molecule is CC(C)(C)OC(=O)C1(C(=O)Cl)CC=CC1. The van der Waals surface area contributed by atoms with Gasteiger partial charge < -0.3 is 4.74 Å². The fraction of sp³-hybridized carbons (Fsp3) is 0.636. The standard InChI is InChI=1S/C11H15ClO3/c1-10(2,3)15-9(14)11(8(12)13)6-4-5-7-11/h4-5H,6-7H2,1-3H3. The Labute approximate surface area is 94.4 Å². The third-order valence-electron chi connectivity index (χ3n) is 2.27. The molecule has 0 bridgehead atoms. The molecule has 0 atom stereocenters. The van der Waals surface area contributed by atoms with Crippen LogP contribution in [0.5, 0.6) is 0 Å². The molecule has 0 aromatic rings. The maximum absolute atomic E-state index is 11.9. The third kappa shape index (κ3) is 2.59. The second-order valence-corrected chi connectivity index (χ2v) is 5.08. The monoisotopic (exact) mass is 230 g/mol. The Morgan fingerprint density at radius 2 is 1.73 bits per heavy atom. The van der Waals surface area contributed by atoms with Crippen molar-refractivity contribution < 1.29 is 14.3 Å². The maximum atomic E-state index is 11.9. The summed E-state index contributed by atoms with van der Waals surface area (Å²) in [5, 5.41) is -0.637. The Kier molecular flexibility index (Phi) is 3.24. The molecule has 1 rings (SSSR count). The van der Waals surface area contributed by atoms with Crippen molar-refractivity contribution in [2.45, 2.75) is 39.2 Å². The van der Waals surface area contributed by atoms with Crippen LogP contribution in [0.3, 0.4) is 0 Å². The van der Waals surface area contributed by atoms with Gasteiger partial charge in [-0.05, 0) is 45.2 Å². The van der Waals surface area contributed by atoms with Gasteiger partial charge in [-0.15, -0.1) is 0 Å². The lowest BCUT2D eigenvalue weighted by atomic mass is 9.87. The Bertz CT molecular complexity index is 304. The highest BCUT2D eigenvalue weighted by Crippen LogP contribution is 2.38. The Morgan fingerprint density at radius 3 is 2.07 bits per heavy atom. The minimum Gasteiger partial charge on any atom is -0.459 e. The van der Waals surface area contributed by atoms with Crippen molar-refractivity contribution >= 4 is 22.8 Å². The van der Waals surface area contributed by atoms with Crippen molar-refractivity contribution in [2.24, 2.45) is 5.41 Å². The van der Waals surface area contributed by atoms with E-state index in [9.17, 15) is 9.59 Å². The summed E-state index contributed by atoms with van der Waals surface area (Å²) in [6, 6.07) is 0. The van der Waals surface area contributed by atoms with Crippen molar-refractivity contribution in [1.29, 1.82) is 0 Å². The fourth-order valence-corrected chi connectivity index (χ4v) is 1.67. The minimum absolute atomic E-state index is 0.338. The summed E-state index contributed by atoms with van der Waals surface area (Å²) in [6.07, 6.45) is 4.24. The van der Waals surface area contributed by atoms with E-state index in [1.54, 1.807) is 32.9 Å². The van der Waals surface area contributed by atoms with Gasteiger partial charge in [0.1, 0.15) is 11.0 Å². The van der Waals surface area contributed by atoms with Crippen LogP contribution in [0.15, 0.2) is 12.2 Å². The summed E-state index contributed by atoms with van der Waals surface area (Å²) in [5.74, 6) is -0.528. The normalized spacial score (nSPS) is 18.9. The van der Waals surface area contributed by atoms with Gasteiger partial charge in [-0.1, -0.05) is 12.2 Å². The molecule has 0 saturated carbocycles. The molecule has 0 unspecified atom stereocenters. The molecule has 1 aliphatic rings. The summed E-state index contributed by atoms with van der Waals surface area (Å²) < 4.78 is 5.20. The molecule has 4 heteroatoms. The molecule has 0 saturated heterocycles. The van der Waals surface area contributed by atoms with E-state index < -0.39 is 22.2 Å². The summed E-state index contributed by atoms with van der Waals surface area (Å²) in [5.41, 5.74) is -1.78. The number of carbonyl (C=O) groups excluding carboxylic acids is 2. The first kappa shape index (κ1) is 12.2. The molecule has 84 valence electrons. The van der Waals surface area contributed by atoms with Crippen LogP contribution in [0, 0.1) is 5.41 Å². The summed E-state index contributed by atoms with van der Waals surface area (Å²) in [7, 11) is 0. The predicted molar refractivity (Wildman–Crippen MR) is 57.5 cm³/mol. The highest BCUT2D eigenvalue weighted by Gasteiger charge is 2.47. The van der Waals surface area contributed by atoms with E-state index in [1.807, 2.05) is 0 Å². The molecule has 0 heterocycles. The maximum Gasteiger partial charge on any atom is 0.322 e. The van der Waals surface area contributed by atoms with Gasteiger partial charge in [0.15, 0.2) is 0 Å². The average Bonchev–Trinajstić information content (AvgIpc) is 2.48. The lowest BCUT2D eigenvalue weighted by Crippen LogP contribution is -2.40. The first-order valence-electron chi connectivity index (χ1n) is 4.86. The lowest BCUT2D eigenvalue weighted by Gasteiger charge is -2.28. The number of ether oxygens (including phenoxy) is 1. The smallest absolute Gasteiger partial charge is 0.322 e. The minimum atomic E-state index is -1.19. The first-order valence-corrected chi connectivity index (χ1v) is 5.24. The van der Waals surface area contributed by atoms with Gasteiger partial charge in [0, 0.05) is 0 Å². The highest BCUT2D eigenvalue weighted by atomic mass is 35.5. The highest BCUT2D eigenvalue weighted by molar-refractivity contribution is 6.66.